The molecule has 8 nitrogen and oxygen atoms in total. The molecule has 0 fully saturated rings. The molecule has 0 bridgehead atoms. The van der Waals surface area contributed by atoms with Crippen LogP contribution in [0.1, 0.15) is 22.6 Å². The van der Waals surface area contributed by atoms with Gasteiger partial charge in [0.2, 0.25) is 0 Å². The van der Waals surface area contributed by atoms with E-state index < -0.39 is 28.2 Å². The van der Waals surface area contributed by atoms with Gasteiger partial charge in [0.25, 0.3) is 22.4 Å². The second-order valence-corrected chi connectivity index (χ2v) is 7.67. The molecule has 11 heteroatoms. The number of hydrogen-bond donors (Lipinski definition) is 2. The summed E-state index contributed by atoms with van der Waals surface area (Å²) in [6, 6.07) is 9.84. The molecule has 0 spiro atoms. The van der Waals surface area contributed by atoms with E-state index in [2.05, 4.69) is 15.3 Å². The van der Waals surface area contributed by atoms with Crippen LogP contribution < -0.4 is 5.32 Å². The highest BCUT2D eigenvalue weighted by atomic mass is 32.2. The highest BCUT2D eigenvalue weighted by Crippen LogP contribution is 2.22. The van der Waals surface area contributed by atoms with Crippen LogP contribution in [0.3, 0.4) is 0 Å². The fourth-order valence-corrected chi connectivity index (χ4v) is 3.41. The van der Waals surface area contributed by atoms with Crippen molar-refractivity contribution in [1.82, 2.24) is 14.4 Å². The lowest BCUT2D eigenvalue weighted by atomic mass is 10.2. The van der Waals surface area contributed by atoms with Gasteiger partial charge in [-0.25, -0.2) is 22.2 Å². The molecule has 3 rings (SSSR count). The molecule has 0 unspecified atom stereocenters. The van der Waals surface area contributed by atoms with E-state index in [-0.39, 0.29) is 10.5 Å². The topological polar surface area (TPSA) is 104 Å². The molecular formula is C17H16F2N4O4S. The highest BCUT2D eigenvalue weighted by Gasteiger charge is 2.20. The van der Waals surface area contributed by atoms with Crippen molar-refractivity contribution in [2.45, 2.75) is 11.3 Å². The molecule has 0 saturated heterocycles. The van der Waals surface area contributed by atoms with E-state index in [9.17, 15) is 22.0 Å². The monoisotopic (exact) mass is 410 g/mol. The molecule has 148 valence electrons. The number of alkyl halides is 2. The molecule has 1 heterocycles. The van der Waals surface area contributed by atoms with Crippen molar-refractivity contribution in [2.24, 2.45) is 0 Å². The number of carbonyl (C=O) groups excluding carboxylic acids is 1. The van der Waals surface area contributed by atoms with Crippen LogP contribution in [0.2, 0.25) is 0 Å². The van der Waals surface area contributed by atoms with E-state index in [4.69, 9.17) is 4.84 Å². The Morgan fingerprint density at radius 1 is 1.21 bits per heavy atom. The second kappa shape index (κ2) is 7.62. The summed E-state index contributed by atoms with van der Waals surface area (Å²) >= 11 is 0. The number of hydrogen-bond acceptors (Lipinski definition) is 5. The largest absolute Gasteiger partial charge is 0.337 e. The smallest absolute Gasteiger partial charge is 0.295 e. The van der Waals surface area contributed by atoms with E-state index in [1.54, 1.807) is 0 Å². The number of benzene rings is 2. The minimum atomic E-state index is -3.79. The zero-order chi connectivity index (χ0) is 20.5. The summed E-state index contributed by atoms with van der Waals surface area (Å²) in [6.45, 7) is 0. The molecule has 0 saturated carbocycles. The lowest BCUT2D eigenvalue weighted by molar-refractivity contribution is -0.0258. The number of nitrogens with zero attached hydrogens (tertiary/aromatic N) is 2. The lowest BCUT2D eigenvalue weighted by Crippen LogP contribution is -2.25. The van der Waals surface area contributed by atoms with E-state index >= 15 is 0 Å². The SMILES string of the molecule is CON(C)S(=O)(=O)c1ccc(NC(=O)c2ccc3nc(C(F)F)[nH]c3c2)cc1. The van der Waals surface area contributed by atoms with Crippen molar-refractivity contribution in [3.8, 4) is 0 Å². The summed E-state index contributed by atoms with van der Waals surface area (Å²) in [5.74, 6) is -0.954. The third-order valence-electron chi connectivity index (χ3n) is 3.97. The highest BCUT2D eigenvalue weighted by molar-refractivity contribution is 7.89. The summed E-state index contributed by atoms with van der Waals surface area (Å²) in [5, 5.41) is 2.61. The minimum Gasteiger partial charge on any atom is -0.337 e. The van der Waals surface area contributed by atoms with E-state index in [1.165, 1.54) is 56.6 Å². The van der Waals surface area contributed by atoms with Crippen LogP contribution in [0.15, 0.2) is 47.4 Å². The van der Waals surface area contributed by atoms with Crippen LogP contribution >= 0.6 is 0 Å². The minimum absolute atomic E-state index is 0.00624. The van der Waals surface area contributed by atoms with E-state index in [0.29, 0.717) is 21.2 Å². The quantitative estimate of drug-likeness (QED) is 0.608. The van der Waals surface area contributed by atoms with Crippen LogP contribution in [0, 0.1) is 0 Å². The van der Waals surface area contributed by atoms with Gasteiger partial charge in [0.05, 0.1) is 23.0 Å². The predicted octanol–water partition coefficient (Wildman–Crippen LogP) is 2.93. The number of halogens is 2. The van der Waals surface area contributed by atoms with Crippen LogP contribution in [0.5, 0.6) is 0 Å². The third kappa shape index (κ3) is 3.86. The third-order valence-corrected chi connectivity index (χ3v) is 5.67. The van der Waals surface area contributed by atoms with E-state index in [0.717, 1.165) is 0 Å². The molecule has 0 atom stereocenters. The van der Waals surface area contributed by atoms with Gasteiger partial charge in [-0.3, -0.25) is 9.63 Å². The van der Waals surface area contributed by atoms with E-state index in [1.807, 2.05) is 0 Å². The molecule has 28 heavy (non-hydrogen) atoms. The molecule has 1 aromatic heterocycles. The summed E-state index contributed by atoms with van der Waals surface area (Å²) in [4.78, 5) is 23.3. The first-order chi connectivity index (χ1) is 13.2. The maximum atomic E-state index is 12.7. The number of sulfonamides is 1. The molecular weight excluding hydrogens is 394 g/mol. The van der Waals surface area contributed by atoms with Gasteiger partial charge < -0.3 is 10.3 Å². The average Bonchev–Trinajstić information content (AvgIpc) is 3.11. The lowest BCUT2D eigenvalue weighted by Gasteiger charge is -2.14. The van der Waals surface area contributed by atoms with Crippen molar-refractivity contribution >= 4 is 32.7 Å². The summed E-state index contributed by atoms with van der Waals surface area (Å²) in [5.41, 5.74) is 1.23. The molecule has 3 aromatic rings. The zero-order valence-corrected chi connectivity index (χ0v) is 15.6. The summed E-state index contributed by atoms with van der Waals surface area (Å²) < 4.78 is 50.4. The van der Waals surface area contributed by atoms with Gasteiger partial charge >= 0.3 is 0 Å². The van der Waals surface area contributed by atoms with Crippen molar-refractivity contribution < 1.29 is 26.8 Å². The Morgan fingerprint density at radius 3 is 2.50 bits per heavy atom. The van der Waals surface area contributed by atoms with Crippen LogP contribution in [0.4, 0.5) is 14.5 Å². The first-order valence-electron chi connectivity index (χ1n) is 7.94. The van der Waals surface area contributed by atoms with Crippen LogP contribution in [0.25, 0.3) is 11.0 Å². The second-order valence-electron chi connectivity index (χ2n) is 5.73. The number of aromatic nitrogens is 2. The van der Waals surface area contributed by atoms with Crippen molar-refractivity contribution in [2.75, 3.05) is 19.5 Å². The zero-order valence-electron chi connectivity index (χ0n) is 14.8. The van der Waals surface area contributed by atoms with Gasteiger partial charge in [-0.1, -0.05) is 4.47 Å². The van der Waals surface area contributed by atoms with Crippen molar-refractivity contribution in [1.29, 1.82) is 0 Å². The Bertz CT molecular complexity index is 1110. The number of aromatic amines is 1. The van der Waals surface area contributed by atoms with Crippen molar-refractivity contribution in [3.05, 3.63) is 53.9 Å². The van der Waals surface area contributed by atoms with Gasteiger partial charge in [-0.2, -0.15) is 0 Å². The number of carbonyl (C=O) groups is 1. The average molecular weight is 410 g/mol. The number of nitrogens with one attached hydrogen (secondary N) is 2. The molecule has 0 aliphatic carbocycles. The number of imidazole rings is 1. The van der Waals surface area contributed by atoms with Gasteiger partial charge in [0, 0.05) is 18.3 Å². The van der Waals surface area contributed by atoms with Gasteiger partial charge in [0.15, 0.2) is 5.82 Å². The first-order valence-corrected chi connectivity index (χ1v) is 9.38. The number of hydroxylamine groups is 1. The molecule has 0 aliphatic heterocycles. The Morgan fingerprint density at radius 2 is 1.89 bits per heavy atom. The maximum Gasteiger partial charge on any atom is 0.295 e. The van der Waals surface area contributed by atoms with Gasteiger partial charge in [-0.05, 0) is 42.5 Å². The predicted molar refractivity (Wildman–Crippen MR) is 97.4 cm³/mol. The van der Waals surface area contributed by atoms with Crippen LogP contribution in [-0.4, -0.2) is 42.9 Å². The molecule has 0 radical (unpaired) electrons. The Labute approximate surface area is 159 Å². The molecule has 1 amide bonds. The number of rotatable bonds is 6. The number of anilines is 1. The van der Waals surface area contributed by atoms with Gasteiger partial charge in [0.1, 0.15) is 0 Å². The van der Waals surface area contributed by atoms with Crippen LogP contribution in [-0.2, 0) is 14.9 Å². The summed E-state index contributed by atoms with van der Waals surface area (Å²) in [7, 11) is -1.30. The fraction of sp³-hybridized carbons (Fsp3) is 0.176. The molecule has 0 aliphatic rings. The molecule has 2 aromatic carbocycles. The van der Waals surface area contributed by atoms with Crippen molar-refractivity contribution in [3.63, 3.8) is 0 Å². The summed E-state index contributed by atoms with van der Waals surface area (Å²) in [6.07, 6.45) is -2.74. The Kier molecular flexibility index (Phi) is 5.40. The normalized spacial score (nSPS) is 12.1. The first kappa shape index (κ1) is 19.9. The molecule has 2 N–H and O–H groups in total. The van der Waals surface area contributed by atoms with Gasteiger partial charge in [-0.15, -0.1) is 0 Å². The number of fused-ring (bicyclic) bond motifs is 1. The number of amides is 1. The Balaban J connectivity index is 1.78. The number of H-pyrrole nitrogens is 1. The maximum absolute atomic E-state index is 12.7. The Hall–Kier alpha value is -2.89. The fourth-order valence-electron chi connectivity index (χ4n) is 2.43. The standard InChI is InChI=1S/C17H16F2N4O4S/c1-23(27-2)28(25,26)12-6-4-11(5-7-12)20-17(24)10-3-8-13-14(9-10)22-16(21-13)15(18)19/h3-9,15H,1-2H3,(H,20,24)(H,21,22).